The summed E-state index contributed by atoms with van der Waals surface area (Å²) in [6.45, 7) is 1.74. The Kier molecular flexibility index (Phi) is 4.42. The number of sulfone groups is 1. The molecule has 1 aliphatic heterocycles. The van der Waals surface area contributed by atoms with E-state index in [0.717, 1.165) is 11.6 Å². The van der Waals surface area contributed by atoms with Gasteiger partial charge >= 0.3 is 0 Å². The van der Waals surface area contributed by atoms with Gasteiger partial charge in [0.15, 0.2) is 0 Å². The van der Waals surface area contributed by atoms with Gasteiger partial charge in [-0.05, 0) is 18.4 Å². The highest BCUT2D eigenvalue weighted by Crippen LogP contribution is 2.57. The third-order valence-electron chi connectivity index (χ3n) is 5.53. The predicted molar refractivity (Wildman–Crippen MR) is 98.1 cm³/mol. The fourth-order valence-corrected chi connectivity index (χ4v) is 6.20. The third kappa shape index (κ3) is 3.25. The van der Waals surface area contributed by atoms with Crippen molar-refractivity contribution >= 4 is 21.2 Å². The van der Waals surface area contributed by atoms with Crippen molar-refractivity contribution in [2.75, 3.05) is 12.8 Å². The second-order valence-corrected chi connectivity index (χ2v) is 10.6. The Labute approximate surface area is 153 Å². The van der Waals surface area contributed by atoms with E-state index in [2.05, 4.69) is 45.4 Å². The zero-order valence-electron chi connectivity index (χ0n) is 14.4. The van der Waals surface area contributed by atoms with Gasteiger partial charge in [0.05, 0.1) is 6.54 Å². The van der Waals surface area contributed by atoms with E-state index in [1.165, 1.54) is 55.3 Å². The first-order valence-electron chi connectivity index (χ1n) is 8.79. The second kappa shape index (κ2) is 6.45. The summed E-state index contributed by atoms with van der Waals surface area (Å²) in [4.78, 5) is 2.44. The van der Waals surface area contributed by atoms with E-state index in [4.69, 9.17) is 0 Å². The van der Waals surface area contributed by atoms with Crippen LogP contribution < -0.4 is 0 Å². The average Bonchev–Trinajstić information content (AvgIpc) is 3.05. The van der Waals surface area contributed by atoms with Gasteiger partial charge < -0.3 is 0 Å². The second-order valence-electron chi connectivity index (χ2n) is 7.38. The molecule has 1 aromatic heterocycles. The van der Waals surface area contributed by atoms with Gasteiger partial charge in [-0.3, -0.25) is 4.90 Å². The molecule has 7 heteroatoms. The molecule has 0 radical (unpaired) electrons. The Morgan fingerprint density at radius 2 is 1.88 bits per heavy atom. The largest absolute Gasteiger partial charge is 0.288 e. The Hall–Kier alpha value is -1.31. The van der Waals surface area contributed by atoms with E-state index in [-0.39, 0.29) is 4.34 Å². The van der Waals surface area contributed by atoms with Crippen LogP contribution >= 0.6 is 11.3 Å². The van der Waals surface area contributed by atoms with Crippen LogP contribution in [0.5, 0.6) is 0 Å². The Morgan fingerprint density at radius 1 is 1.16 bits per heavy atom. The van der Waals surface area contributed by atoms with E-state index in [1.54, 1.807) is 0 Å². The van der Waals surface area contributed by atoms with Gasteiger partial charge in [-0.1, -0.05) is 60.9 Å². The number of hydrogen-bond acceptors (Lipinski definition) is 6. The van der Waals surface area contributed by atoms with E-state index in [0.29, 0.717) is 18.0 Å². The average molecular weight is 378 g/mol. The number of likely N-dealkylation sites (tertiary alicyclic amines) is 1. The molecule has 1 aromatic carbocycles. The zero-order chi connectivity index (χ0) is 17.5. The molecule has 2 aliphatic rings. The molecule has 25 heavy (non-hydrogen) atoms. The zero-order valence-corrected chi connectivity index (χ0v) is 16.0. The van der Waals surface area contributed by atoms with Gasteiger partial charge in [0.25, 0.3) is 0 Å². The van der Waals surface area contributed by atoms with Crippen LogP contribution in [-0.4, -0.2) is 36.3 Å². The minimum Gasteiger partial charge on any atom is -0.288 e. The molecule has 0 amide bonds. The predicted octanol–water partition coefficient (Wildman–Crippen LogP) is 3.45. The van der Waals surface area contributed by atoms with Gasteiger partial charge in [-0.25, -0.2) is 8.42 Å². The van der Waals surface area contributed by atoms with E-state index >= 15 is 0 Å². The van der Waals surface area contributed by atoms with E-state index in [1.807, 2.05) is 0 Å². The fourth-order valence-electron chi connectivity index (χ4n) is 4.52. The maximum atomic E-state index is 11.6. The quantitative estimate of drug-likeness (QED) is 0.817. The molecule has 2 fully saturated rings. The minimum absolute atomic E-state index is 0.117. The normalized spacial score (nSPS) is 23.5. The summed E-state index contributed by atoms with van der Waals surface area (Å²) in [5, 5.41) is 8.75. The highest BCUT2D eigenvalue weighted by molar-refractivity contribution is 7.92. The summed E-state index contributed by atoms with van der Waals surface area (Å²) in [5.74, 6) is 0. The van der Waals surface area contributed by atoms with Crippen molar-refractivity contribution in [3.63, 3.8) is 0 Å². The molecule has 5 nitrogen and oxygen atoms in total. The topological polar surface area (TPSA) is 63.2 Å². The van der Waals surface area contributed by atoms with Crippen LogP contribution in [0.1, 0.15) is 48.7 Å². The third-order valence-corrected chi connectivity index (χ3v) is 8.11. The van der Waals surface area contributed by atoms with Crippen LogP contribution in [0.3, 0.4) is 0 Å². The van der Waals surface area contributed by atoms with Crippen molar-refractivity contribution in [1.82, 2.24) is 15.1 Å². The van der Waals surface area contributed by atoms with Gasteiger partial charge in [0, 0.05) is 24.3 Å². The van der Waals surface area contributed by atoms with Crippen LogP contribution in [0.15, 0.2) is 34.7 Å². The van der Waals surface area contributed by atoms with E-state index < -0.39 is 9.84 Å². The number of nitrogens with zero attached hydrogens (tertiary/aromatic N) is 3. The molecule has 1 spiro atoms. The molecule has 4 rings (SSSR count). The highest BCUT2D eigenvalue weighted by Gasteiger charge is 2.52. The molecule has 2 heterocycles. The number of aromatic nitrogens is 2. The summed E-state index contributed by atoms with van der Waals surface area (Å²) in [5.41, 5.74) is 1.74. The number of rotatable bonds is 4. The maximum Gasteiger partial charge on any atom is 0.232 e. The van der Waals surface area contributed by atoms with Crippen LogP contribution in [0.2, 0.25) is 0 Å². The lowest BCUT2D eigenvalue weighted by molar-refractivity contribution is -0.106. The summed E-state index contributed by atoms with van der Waals surface area (Å²) in [6.07, 6.45) is 7.73. The van der Waals surface area contributed by atoms with Crippen LogP contribution in [0.25, 0.3) is 0 Å². The number of benzene rings is 1. The number of hydrogen-bond donors (Lipinski definition) is 0. The Morgan fingerprint density at radius 3 is 2.52 bits per heavy atom. The minimum atomic E-state index is -3.27. The summed E-state index contributed by atoms with van der Waals surface area (Å²) in [6, 6.07) is 11.1. The van der Waals surface area contributed by atoms with Crippen molar-refractivity contribution in [2.45, 2.75) is 49.0 Å². The molecular formula is C18H23N3O2S2. The maximum absolute atomic E-state index is 11.6. The van der Waals surface area contributed by atoms with Crippen LogP contribution in [0, 0.1) is 5.41 Å². The summed E-state index contributed by atoms with van der Waals surface area (Å²) in [7, 11) is -3.27. The van der Waals surface area contributed by atoms with Crippen LogP contribution in [-0.2, 0) is 16.4 Å². The smallest absolute Gasteiger partial charge is 0.232 e. The first kappa shape index (κ1) is 17.1. The van der Waals surface area contributed by atoms with Crippen molar-refractivity contribution in [3.8, 4) is 0 Å². The first-order chi connectivity index (χ1) is 12.0. The van der Waals surface area contributed by atoms with Crippen molar-refractivity contribution < 1.29 is 8.42 Å². The lowest BCUT2D eigenvalue weighted by atomic mass is 9.61. The van der Waals surface area contributed by atoms with Crippen molar-refractivity contribution in [3.05, 3.63) is 40.9 Å². The lowest BCUT2D eigenvalue weighted by Crippen LogP contribution is -2.58. The van der Waals surface area contributed by atoms with Gasteiger partial charge in [0.2, 0.25) is 14.2 Å². The molecule has 1 aliphatic carbocycles. The Bertz CT molecular complexity index is 842. The van der Waals surface area contributed by atoms with E-state index in [9.17, 15) is 8.42 Å². The molecule has 0 N–H and O–H groups in total. The van der Waals surface area contributed by atoms with Crippen LogP contribution in [0.4, 0.5) is 0 Å². The molecule has 1 atom stereocenters. The molecule has 134 valence electrons. The van der Waals surface area contributed by atoms with Gasteiger partial charge in [-0.15, -0.1) is 10.2 Å². The highest BCUT2D eigenvalue weighted by atomic mass is 32.2. The molecule has 2 aromatic rings. The first-order valence-corrected chi connectivity index (χ1v) is 11.5. The SMILES string of the molecule is CS(=O)(=O)c1nnc(CN2CC3(CCCCC3)C2c2ccccc2)s1. The lowest BCUT2D eigenvalue weighted by Gasteiger charge is -2.59. The summed E-state index contributed by atoms with van der Waals surface area (Å²) >= 11 is 1.20. The standard InChI is InChI=1S/C18H23N3O2S2/c1-25(22,23)17-20-19-15(24-17)12-21-13-18(10-6-3-7-11-18)16(21)14-8-4-2-5-9-14/h2,4-5,8-9,16H,3,6-7,10-13H2,1H3. The molecule has 1 saturated carbocycles. The summed E-state index contributed by atoms with van der Waals surface area (Å²) < 4.78 is 23.4. The fraction of sp³-hybridized carbons (Fsp3) is 0.556. The van der Waals surface area contributed by atoms with Crippen molar-refractivity contribution in [2.24, 2.45) is 5.41 Å². The van der Waals surface area contributed by atoms with Gasteiger partial charge in [0.1, 0.15) is 5.01 Å². The monoisotopic (exact) mass is 377 g/mol. The Balaban J connectivity index is 1.58. The molecule has 1 saturated heterocycles. The molecular weight excluding hydrogens is 354 g/mol. The molecule has 1 unspecified atom stereocenters. The van der Waals surface area contributed by atoms with Crippen molar-refractivity contribution in [1.29, 1.82) is 0 Å². The van der Waals surface area contributed by atoms with Gasteiger partial charge in [-0.2, -0.15) is 0 Å². The molecule has 0 bridgehead atoms.